The number of aryl methyl sites for hydroxylation is 2. The zero-order valence-electron chi connectivity index (χ0n) is 8.94. The Balaban J connectivity index is 2.54. The predicted octanol–water partition coefficient (Wildman–Crippen LogP) is 1.86. The second-order valence-corrected chi connectivity index (χ2v) is 3.48. The Hall–Kier alpha value is -1.84. The standard InChI is InChI=1S/C11H14N4/c1-3-15-10(4-5-14-15)11-9(12)6-8(2)7-13-11/h4-7H,3,12H2,1-2H3. The molecule has 4 nitrogen and oxygen atoms in total. The number of hydrogen-bond donors (Lipinski definition) is 1. The third-order valence-electron chi connectivity index (χ3n) is 2.31. The predicted molar refractivity (Wildman–Crippen MR) is 60.3 cm³/mol. The highest BCUT2D eigenvalue weighted by molar-refractivity contribution is 5.70. The summed E-state index contributed by atoms with van der Waals surface area (Å²) in [6, 6.07) is 3.85. The van der Waals surface area contributed by atoms with Gasteiger partial charge in [0.25, 0.3) is 0 Å². The highest BCUT2D eigenvalue weighted by Gasteiger charge is 2.08. The van der Waals surface area contributed by atoms with Gasteiger partial charge in [0.05, 0.1) is 11.4 Å². The van der Waals surface area contributed by atoms with Crippen molar-refractivity contribution < 1.29 is 0 Å². The molecule has 2 N–H and O–H groups in total. The summed E-state index contributed by atoms with van der Waals surface area (Å²) < 4.78 is 1.88. The molecule has 0 radical (unpaired) electrons. The van der Waals surface area contributed by atoms with Crippen molar-refractivity contribution in [2.24, 2.45) is 0 Å². The van der Waals surface area contributed by atoms with Crippen molar-refractivity contribution in [3.63, 3.8) is 0 Å². The van der Waals surface area contributed by atoms with Gasteiger partial charge in [-0.3, -0.25) is 9.67 Å². The Morgan fingerprint density at radius 3 is 2.93 bits per heavy atom. The van der Waals surface area contributed by atoms with Crippen LogP contribution in [0.4, 0.5) is 5.69 Å². The number of hydrogen-bond acceptors (Lipinski definition) is 3. The van der Waals surface area contributed by atoms with E-state index in [9.17, 15) is 0 Å². The first-order valence-corrected chi connectivity index (χ1v) is 4.96. The second kappa shape index (κ2) is 3.73. The smallest absolute Gasteiger partial charge is 0.111 e. The van der Waals surface area contributed by atoms with Crippen LogP contribution in [0.3, 0.4) is 0 Å². The lowest BCUT2D eigenvalue weighted by atomic mass is 10.2. The van der Waals surface area contributed by atoms with Crippen LogP contribution < -0.4 is 5.73 Å². The Bertz CT molecular complexity index is 473. The fourth-order valence-corrected chi connectivity index (χ4v) is 1.59. The van der Waals surface area contributed by atoms with Crippen molar-refractivity contribution in [1.82, 2.24) is 14.8 Å². The number of rotatable bonds is 2. The number of nitrogens with two attached hydrogens (primary N) is 1. The van der Waals surface area contributed by atoms with Crippen LogP contribution >= 0.6 is 0 Å². The van der Waals surface area contributed by atoms with E-state index in [4.69, 9.17) is 5.73 Å². The molecule has 15 heavy (non-hydrogen) atoms. The molecule has 0 atom stereocenters. The highest BCUT2D eigenvalue weighted by atomic mass is 15.3. The molecule has 0 aromatic carbocycles. The van der Waals surface area contributed by atoms with E-state index in [1.165, 1.54) is 0 Å². The molecule has 0 amide bonds. The molecule has 0 unspecified atom stereocenters. The summed E-state index contributed by atoms with van der Waals surface area (Å²) in [7, 11) is 0. The Kier molecular flexibility index (Phi) is 2.41. The first-order valence-electron chi connectivity index (χ1n) is 4.96. The van der Waals surface area contributed by atoms with Crippen molar-refractivity contribution in [1.29, 1.82) is 0 Å². The molecule has 2 aromatic rings. The van der Waals surface area contributed by atoms with E-state index in [0.29, 0.717) is 5.69 Å². The van der Waals surface area contributed by atoms with Gasteiger partial charge in [-0.15, -0.1) is 0 Å². The molecule has 0 spiro atoms. The van der Waals surface area contributed by atoms with Crippen LogP contribution in [0.1, 0.15) is 12.5 Å². The first-order chi connectivity index (χ1) is 7.22. The molecule has 0 fully saturated rings. The van der Waals surface area contributed by atoms with Gasteiger partial charge in [-0.1, -0.05) is 0 Å². The zero-order valence-corrected chi connectivity index (χ0v) is 8.94. The lowest BCUT2D eigenvalue weighted by Gasteiger charge is -2.07. The number of nitrogen functional groups attached to an aromatic ring is 1. The van der Waals surface area contributed by atoms with Gasteiger partial charge in [0.2, 0.25) is 0 Å². The Morgan fingerprint density at radius 2 is 2.27 bits per heavy atom. The van der Waals surface area contributed by atoms with Crippen LogP contribution in [0.2, 0.25) is 0 Å². The molecular formula is C11H14N4. The molecule has 2 rings (SSSR count). The van der Waals surface area contributed by atoms with Crippen molar-refractivity contribution in [3.05, 3.63) is 30.1 Å². The van der Waals surface area contributed by atoms with Gasteiger partial charge in [0, 0.05) is 18.9 Å². The van der Waals surface area contributed by atoms with Gasteiger partial charge >= 0.3 is 0 Å². The minimum Gasteiger partial charge on any atom is -0.397 e. The van der Waals surface area contributed by atoms with Crippen molar-refractivity contribution in [2.75, 3.05) is 5.73 Å². The largest absolute Gasteiger partial charge is 0.397 e. The minimum atomic E-state index is 0.699. The average molecular weight is 202 g/mol. The SMILES string of the molecule is CCn1nccc1-c1ncc(C)cc1N. The molecule has 78 valence electrons. The van der Waals surface area contributed by atoms with E-state index >= 15 is 0 Å². The molecule has 0 bridgehead atoms. The van der Waals surface area contributed by atoms with Crippen LogP contribution in [-0.4, -0.2) is 14.8 Å². The highest BCUT2D eigenvalue weighted by Crippen LogP contribution is 2.23. The van der Waals surface area contributed by atoms with Crippen molar-refractivity contribution in [3.8, 4) is 11.4 Å². The monoisotopic (exact) mass is 202 g/mol. The van der Waals surface area contributed by atoms with E-state index in [1.54, 1.807) is 6.20 Å². The number of pyridine rings is 1. The van der Waals surface area contributed by atoms with Gasteiger partial charge in [0.15, 0.2) is 0 Å². The third-order valence-corrected chi connectivity index (χ3v) is 2.31. The normalized spacial score (nSPS) is 10.5. The molecule has 0 aliphatic carbocycles. The molecule has 0 aliphatic heterocycles. The lowest BCUT2D eigenvalue weighted by molar-refractivity contribution is 0.666. The van der Waals surface area contributed by atoms with Crippen LogP contribution in [-0.2, 0) is 6.54 Å². The summed E-state index contributed by atoms with van der Waals surface area (Å²) in [5.41, 5.74) is 9.47. The molecule has 2 aromatic heterocycles. The van der Waals surface area contributed by atoms with E-state index in [1.807, 2.05) is 36.9 Å². The van der Waals surface area contributed by atoms with Gasteiger partial charge < -0.3 is 5.73 Å². The topological polar surface area (TPSA) is 56.7 Å². The Morgan fingerprint density at radius 1 is 1.47 bits per heavy atom. The molecule has 2 heterocycles. The summed E-state index contributed by atoms with van der Waals surface area (Å²) in [5, 5.41) is 4.20. The van der Waals surface area contributed by atoms with Crippen LogP contribution in [0.25, 0.3) is 11.4 Å². The van der Waals surface area contributed by atoms with Gasteiger partial charge in [-0.2, -0.15) is 5.10 Å². The maximum Gasteiger partial charge on any atom is 0.111 e. The van der Waals surface area contributed by atoms with E-state index < -0.39 is 0 Å². The average Bonchev–Trinajstić information content (AvgIpc) is 2.65. The van der Waals surface area contributed by atoms with Gasteiger partial charge in [0.1, 0.15) is 5.69 Å². The van der Waals surface area contributed by atoms with E-state index in [-0.39, 0.29) is 0 Å². The summed E-state index contributed by atoms with van der Waals surface area (Å²) in [6.07, 6.45) is 3.58. The minimum absolute atomic E-state index is 0.699. The molecular weight excluding hydrogens is 188 g/mol. The molecule has 4 heteroatoms. The first kappa shape index (κ1) is 9.71. The zero-order chi connectivity index (χ0) is 10.8. The number of aromatic nitrogens is 3. The third kappa shape index (κ3) is 1.70. The van der Waals surface area contributed by atoms with Crippen LogP contribution in [0.15, 0.2) is 24.5 Å². The fourth-order valence-electron chi connectivity index (χ4n) is 1.59. The summed E-state index contributed by atoms with van der Waals surface area (Å²) in [5.74, 6) is 0. The summed E-state index contributed by atoms with van der Waals surface area (Å²) >= 11 is 0. The molecule has 0 saturated carbocycles. The number of anilines is 1. The Labute approximate surface area is 88.8 Å². The summed E-state index contributed by atoms with van der Waals surface area (Å²) in [4.78, 5) is 4.34. The molecule has 0 saturated heterocycles. The summed E-state index contributed by atoms with van der Waals surface area (Å²) in [6.45, 7) is 4.84. The quantitative estimate of drug-likeness (QED) is 0.808. The molecule has 0 aliphatic rings. The van der Waals surface area contributed by atoms with E-state index in [0.717, 1.165) is 23.5 Å². The fraction of sp³-hybridized carbons (Fsp3) is 0.273. The van der Waals surface area contributed by atoms with Gasteiger partial charge in [-0.05, 0) is 31.5 Å². The number of nitrogens with zero attached hydrogens (tertiary/aromatic N) is 3. The van der Waals surface area contributed by atoms with E-state index in [2.05, 4.69) is 10.1 Å². The second-order valence-electron chi connectivity index (χ2n) is 3.48. The van der Waals surface area contributed by atoms with Gasteiger partial charge in [-0.25, -0.2) is 0 Å². The van der Waals surface area contributed by atoms with Crippen LogP contribution in [0.5, 0.6) is 0 Å². The van der Waals surface area contributed by atoms with Crippen molar-refractivity contribution in [2.45, 2.75) is 20.4 Å². The maximum absolute atomic E-state index is 5.93. The maximum atomic E-state index is 5.93. The van der Waals surface area contributed by atoms with Crippen molar-refractivity contribution >= 4 is 5.69 Å². The van der Waals surface area contributed by atoms with Crippen LogP contribution in [0, 0.1) is 6.92 Å². The lowest BCUT2D eigenvalue weighted by Crippen LogP contribution is -2.02.